The molecule has 0 aromatic heterocycles. The zero-order chi connectivity index (χ0) is 10.9. The number of hydrogen-bond donors (Lipinski definition) is 2. The third-order valence-electron chi connectivity index (χ3n) is 2.22. The van der Waals surface area contributed by atoms with Crippen LogP contribution in [0.4, 0.5) is 0 Å². The molecule has 5 heteroatoms. The van der Waals surface area contributed by atoms with Crippen LogP contribution < -0.4 is 5.48 Å². The van der Waals surface area contributed by atoms with Crippen LogP contribution >= 0.6 is 11.6 Å². The molecule has 0 saturated heterocycles. The lowest BCUT2D eigenvalue weighted by Crippen LogP contribution is -2.43. The normalized spacial score (nSPS) is 23.8. The van der Waals surface area contributed by atoms with E-state index in [1.165, 1.54) is 12.3 Å². The number of benzene rings is 1. The van der Waals surface area contributed by atoms with E-state index in [0.717, 1.165) is 0 Å². The van der Waals surface area contributed by atoms with Gasteiger partial charge in [-0.1, -0.05) is 23.7 Å². The Kier molecular flexibility index (Phi) is 2.38. The van der Waals surface area contributed by atoms with Crippen molar-refractivity contribution in [3.63, 3.8) is 0 Å². The van der Waals surface area contributed by atoms with Crippen molar-refractivity contribution in [2.24, 2.45) is 0 Å². The number of rotatable bonds is 2. The van der Waals surface area contributed by atoms with Gasteiger partial charge in [0.05, 0.1) is 0 Å². The minimum absolute atomic E-state index is 0.482. The highest BCUT2D eigenvalue weighted by atomic mass is 35.5. The first-order valence-electron chi connectivity index (χ1n) is 4.25. The fourth-order valence-corrected chi connectivity index (χ4v) is 1.61. The van der Waals surface area contributed by atoms with Crippen LogP contribution in [0.15, 0.2) is 36.6 Å². The van der Waals surface area contributed by atoms with Gasteiger partial charge in [0.25, 0.3) is 0 Å². The highest BCUT2D eigenvalue weighted by Crippen LogP contribution is 2.28. The molecule has 0 radical (unpaired) electrons. The van der Waals surface area contributed by atoms with Crippen molar-refractivity contribution < 1.29 is 14.7 Å². The minimum atomic E-state index is -1.34. The van der Waals surface area contributed by atoms with Gasteiger partial charge in [-0.3, -0.25) is 0 Å². The van der Waals surface area contributed by atoms with Crippen molar-refractivity contribution in [2.45, 2.75) is 5.54 Å². The van der Waals surface area contributed by atoms with Gasteiger partial charge in [-0.15, -0.1) is 5.48 Å². The lowest BCUT2D eigenvalue weighted by Gasteiger charge is -2.21. The Labute approximate surface area is 91.1 Å². The minimum Gasteiger partial charge on any atom is -0.479 e. The van der Waals surface area contributed by atoms with Gasteiger partial charge in [0.2, 0.25) is 0 Å². The molecule has 15 heavy (non-hydrogen) atoms. The molecule has 1 atom stereocenters. The number of nitrogens with one attached hydrogen (secondary N) is 1. The first-order valence-corrected chi connectivity index (χ1v) is 4.63. The zero-order valence-corrected chi connectivity index (χ0v) is 8.36. The van der Waals surface area contributed by atoms with Crippen molar-refractivity contribution in [1.82, 2.24) is 5.48 Å². The first kappa shape index (κ1) is 10.0. The summed E-state index contributed by atoms with van der Waals surface area (Å²) in [6, 6.07) is 6.63. The molecule has 0 fully saturated rings. The van der Waals surface area contributed by atoms with Crippen molar-refractivity contribution in [3.05, 3.63) is 47.2 Å². The lowest BCUT2D eigenvalue weighted by molar-refractivity contribution is -0.146. The zero-order valence-electron chi connectivity index (χ0n) is 7.61. The number of hydrogen-bond acceptors (Lipinski definition) is 3. The summed E-state index contributed by atoms with van der Waals surface area (Å²) in [5.41, 5.74) is 1.63. The van der Waals surface area contributed by atoms with Crippen LogP contribution in [0.2, 0.25) is 5.02 Å². The molecule has 1 aliphatic rings. The summed E-state index contributed by atoms with van der Waals surface area (Å²) in [7, 11) is 0. The molecule has 2 rings (SSSR count). The Bertz CT molecular complexity index is 432. The fourth-order valence-electron chi connectivity index (χ4n) is 1.42. The van der Waals surface area contributed by atoms with Crippen LogP contribution in [-0.2, 0) is 15.2 Å². The number of carbonyl (C=O) groups is 1. The van der Waals surface area contributed by atoms with E-state index in [9.17, 15) is 9.90 Å². The molecular weight excluding hydrogens is 218 g/mol. The maximum absolute atomic E-state index is 11.2. The van der Waals surface area contributed by atoms with Crippen LogP contribution in [-0.4, -0.2) is 11.1 Å². The van der Waals surface area contributed by atoms with Crippen LogP contribution in [0.1, 0.15) is 5.56 Å². The van der Waals surface area contributed by atoms with Gasteiger partial charge in [0.15, 0.2) is 5.54 Å². The predicted molar refractivity (Wildman–Crippen MR) is 54.1 cm³/mol. The van der Waals surface area contributed by atoms with Gasteiger partial charge in [-0.05, 0) is 23.8 Å². The number of halogens is 1. The molecule has 1 aromatic carbocycles. The number of aliphatic carboxylic acids is 1. The Hall–Kier alpha value is -1.52. The summed E-state index contributed by atoms with van der Waals surface area (Å²) in [5, 5.41) is 9.65. The monoisotopic (exact) mass is 225 g/mol. The molecule has 0 spiro atoms. The molecular formula is C10H8ClNO3. The van der Waals surface area contributed by atoms with E-state index in [4.69, 9.17) is 16.4 Å². The molecule has 1 unspecified atom stereocenters. The average molecular weight is 226 g/mol. The second kappa shape index (κ2) is 3.56. The van der Waals surface area contributed by atoms with E-state index >= 15 is 0 Å². The summed E-state index contributed by atoms with van der Waals surface area (Å²) < 4.78 is 0. The van der Waals surface area contributed by atoms with Crippen molar-refractivity contribution in [3.8, 4) is 0 Å². The molecule has 1 heterocycles. The number of hydroxylamine groups is 1. The Morgan fingerprint density at radius 2 is 2.33 bits per heavy atom. The second-order valence-corrected chi connectivity index (χ2v) is 3.58. The standard InChI is InChI=1S/C10H8ClNO3/c11-8-3-1-2-7(6-8)10(9(13)14)4-5-15-12-10/h1-6,12H,(H,13,14). The number of carboxylic acid groups (broad SMARTS) is 1. The van der Waals surface area contributed by atoms with Gasteiger partial charge in [-0.2, -0.15) is 0 Å². The molecule has 0 aliphatic carbocycles. The summed E-state index contributed by atoms with van der Waals surface area (Å²) in [4.78, 5) is 16.0. The Balaban J connectivity index is 2.51. The maximum Gasteiger partial charge on any atom is 0.336 e. The van der Waals surface area contributed by atoms with E-state index in [1.54, 1.807) is 24.3 Å². The molecule has 0 amide bonds. The van der Waals surface area contributed by atoms with Gasteiger partial charge < -0.3 is 9.94 Å². The van der Waals surface area contributed by atoms with E-state index in [0.29, 0.717) is 10.6 Å². The smallest absolute Gasteiger partial charge is 0.336 e. The van der Waals surface area contributed by atoms with Crippen molar-refractivity contribution >= 4 is 17.6 Å². The molecule has 2 N–H and O–H groups in total. The van der Waals surface area contributed by atoms with Gasteiger partial charge in [-0.25, -0.2) is 4.79 Å². The van der Waals surface area contributed by atoms with E-state index in [1.807, 2.05) is 0 Å². The van der Waals surface area contributed by atoms with Gasteiger partial charge in [0.1, 0.15) is 6.26 Å². The van der Waals surface area contributed by atoms with E-state index in [2.05, 4.69) is 5.48 Å². The topological polar surface area (TPSA) is 58.6 Å². The Morgan fingerprint density at radius 3 is 2.87 bits per heavy atom. The van der Waals surface area contributed by atoms with Crippen LogP contribution in [0, 0.1) is 0 Å². The SMILES string of the molecule is O=C(O)C1(c2cccc(Cl)c2)C=CON1. The number of carboxylic acids is 1. The highest BCUT2D eigenvalue weighted by molar-refractivity contribution is 6.30. The second-order valence-electron chi connectivity index (χ2n) is 3.15. The maximum atomic E-state index is 11.2. The fraction of sp³-hybridized carbons (Fsp3) is 0.100. The van der Waals surface area contributed by atoms with Gasteiger partial charge >= 0.3 is 5.97 Å². The van der Waals surface area contributed by atoms with Crippen LogP contribution in [0.5, 0.6) is 0 Å². The van der Waals surface area contributed by atoms with Crippen molar-refractivity contribution in [1.29, 1.82) is 0 Å². The van der Waals surface area contributed by atoms with Crippen LogP contribution in [0.25, 0.3) is 0 Å². The Morgan fingerprint density at radius 1 is 1.53 bits per heavy atom. The third-order valence-corrected chi connectivity index (χ3v) is 2.46. The largest absolute Gasteiger partial charge is 0.479 e. The molecule has 0 bridgehead atoms. The van der Waals surface area contributed by atoms with E-state index in [-0.39, 0.29) is 0 Å². The first-order chi connectivity index (χ1) is 7.15. The van der Waals surface area contributed by atoms with E-state index < -0.39 is 11.5 Å². The molecule has 1 aromatic rings. The summed E-state index contributed by atoms with van der Waals surface area (Å²) in [6.07, 6.45) is 2.73. The highest BCUT2D eigenvalue weighted by Gasteiger charge is 2.41. The lowest BCUT2D eigenvalue weighted by atomic mass is 9.91. The molecule has 4 nitrogen and oxygen atoms in total. The van der Waals surface area contributed by atoms with Crippen molar-refractivity contribution in [2.75, 3.05) is 0 Å². The molecule has 1 aliphatic heterocycles. The van der Waals surface area contributed by atoms with Gasteiger partial charge in [0, 0.05) is 5.02 Å². The summed E-state index contributed by atoms with van der Waals surface area (Å²) >= 11 is 5.80. The predicted octanol–water partition coefficient (Wildman–Crippen LogP) is 1.67. The summed E-state index contributed by atoms with van der Waals surface area (Å²) in [6.45, 7) is 0. The average Bonchev–Trinajstić information content (AvgIpc) is 2.67. The third kappa shape index (κ3) is 1.58. The quantitative estimate of drug-likeness (QED) is 0.804. The summed E-state index contributed by atoms with van der Waals surface area (Å²) in [5.74, 6) is -1.04. The van der Waals surface area contributed by atoms with Crippen LogP contribution in [0.3, 0.4) is 0 Å². The molecule has 78 valence electrons. The molecule has 0 saturated carbocycles.